The van der Waals surface area contributed by atoms with Gasteiger partial charge in [-0.15, -0.1) is 0 Å². The van der Waals surface area contributed by atoms with Crippen molar-refractivity contribution in [3.8, 4) is 11.5 Å². The second kappa shape index (κ2) is 6.58. The van der Waals surface area contributed by atoms with Gasteiger partial charge in [0.15, 0.2) is 5.78 Å². The van der Waals surface area contributed by atoms with Crippen LogP contribution in [0.4, 0.5) is 0 Å². The van der Waals surface area contributed by atoms with Crippen molar-refractivity contribution in [3.05, 3.63) is 65.2 Å². The van der Waals surface area contributed by atoms with Gasteiger partial charge in [0, 0.05) is 5.56 Å². The molecule has 0 saturated carbocycles. The molecule has 0 amide bonds. The maximum atomic E-state index is 12.0. The lowest BCUT2D eigenvalue weighted by molar-refractivity contribution is -0.270. The molecule has 5 heteroatoms. The van der Waals surface area contributed by atoms with E-state index in [-0.39, 0.29) is 22.8 Å². The Balaban J connectivity index is 2.15. The minimum atomic E-state index is -1.00. The first kappa shape index (κ1) is 15.3. The fourth-order valence-electron chi connectivity index (χ4n) is 1.83. The van der Waals surface area contributed by atoms with Crippen molar-refractivity contribution in [2.45, 2.75) is 0 Å². The van der Waals surface area contributed by atoms with E-state index in [9.17, 15) is 14.7 Å². The number of ether oxygens (including phenoxy) is 1. The van der Waals surface area contributed by atoms with Gasteiger partial charge >= 0.3 is 5.97 Å². The van der Waals surface area contributed by atoms with Crippen molar-refractivity contribution in [1.82, 2.24) is 0 Å². The zero-order valence-corrected chi connectivity index (χ0v) is 11.8. The van der Waals surface area contributed by atoms with Crippen molar-refractivity contribution in [2.24, 2.45) is 0 Å². The minimum Gasteiger partial charge on any atom is -0.870 e. The maximum absolute atomic E-state index is 12.0. The van der Waals surface area contributed by atoms with E-state index in [0.29, 0.717) is 11.1 Å². The van der Waals surface area contributed by atoms with E-state index in [1.807, 2.05) is 0 Å². The van der Waals surface area contributed by atoms with Gasteiger partial charge in [0.2, 0.25) is 0 Å². The van der Waals surface area contributed by atoms with E-state index in [1.165, 1.54) is 43.5 Å². The molecular weight excluding hydrogens is 284 g/mol. The molecule has 0 unspecified atom stereocenters. The quantitative estimate of drug-likeness (QED) is 0.676. The second-order valence-corrected chi connectivity index (χ2v) is 4.49. The van der Waals surface area contributed by atoms with Gasteiger partial charge in [0.1, 0.15) is 5.75 Å². The Morgan fingerprint density at radius 3 is 2.32 bits per heavy atom. The third kappa shape index (κ3) is 3.52. The highest BCUT2D eigenvalue weighted by Gasteiger charge is 2.04. The van der Waals surface area contributed by atoms with Crippen molar-refractivity contribution < 1.29 is 24.5 Å². The predicted molar refractivity (Wildman–Crippen MR) is 79.2 cm³/mol. The number of methoxy groups -OCH3 is 1. The van der Waals surface area contributed by atoms with Crippen molar-refractivity contribution in [2.75, 3.05) is 7.11 Å². The summed E-state index contributed by atoms with van der Waals surface area (Å²) in [6, 6.07) is 10.2. The van der Waals surface area contributed by atoms with Crippen LogP contribution in [-0.4, -0.2) is 24.0 Å². The lowest BCUT2D eigenvalue weighted by Crippen LogP contribution is -1.99. The Kier molecular flexibility index (Phi) is 4.58. The van der Waals surface area contributed by atoms with Crippen LogP contribution in [0.1, 0.15) is 26.3 Å². The summed E-state index contributed by atoms with van der Waals surface area (Å²) in [5.41, 5.74) is 1.22. The Morgan fingerprint density at radius 1 is 1.09 bits per heavy atom. The molecule has 0 aromatic heterocycles. The van der Waals surface area contributed by atoms with Crippen LogP contribution in [0.25, 0.3) is 6.08 Å². The van der Waals surface area contributed by atoms with E-state index in [1.54, 1.807) is 18.2 Å². The highest BCUT2D eigenvalue weighted by Crippen LogP contribution is 2.24. The monoisotopic (exact) mass is 297 g/mol. The molecule has 0 bridgehead atoms. The number of aromatic carboxylic acids is 1. The lowest BCUT2D eigenvalue weighted by Gasteiger charge is -2.12. The van der Waals surface area contributed by atoms with Crippen molar-refractivity contribution in [3.63, 3.8) is 0 Å². The van der Waals surface area contributed by atoms with Gasteiger partial charge in [0.05, 0.1) is 12.7 Å². The fourth-order valence-corrected chi connectivity index (χ4v) is 1.83. The number of rotatable bonds is 5. The lowest BCUT2D eigenvalue weighted by atomic mass is 10.1. The molecule has 2 rings (SSSR count). The molecule has 0 aliphatic carbocycles. The molecule has 112 valence electrons. The van der Waals surface area contributed by atoms with Gasteiger partial charge in [-0.1, -0.05) is 36.1 Å². The summed E-state index contributed by atoms with van der Waals surface area (Å²) in [6.45, 7) is 0. The molecular formula is C17H13O5-. The summed E-state index contributed by atoms with van der Waals surface area (Å²) < 4.78 is 4.89. The SMILES string of the molecule is COc1cc(C(=O)/C=C/c2ccc(C(=O)O)cc2)ccc1[O-]. The number of carboxylic acids is 1. The molecule has 0 heterocycles. The van der Waals surface area contributed by atoms with Crippen LogP contribution in [0.2, 0.25) is 0 Å². The standard InChI is InChI=1S/C17H14O5/c1-22-16-10-13(7-9-15(16)19)14(18)8-4-11-2-5-12(6-3-11)17(20)21/h2-10,19H,1H3,(H,20,21)/p-1/b8-4+. The van der Waals surface area contributed by atoms with Crippen LogP contribution in [0.3, 0.4) is 0 Å². The molecule has 5 nitrogen and oxygen atoms in total. The summed E-state index contributed by atoms with van der Waals surface area (Å²) in [5, 5.41) is 20.2. The summed E-state index contributed by atoms with van der Waals surface area (Å²) in [6.07, 6.45) is 2.93. The summed E-state index contributed by atoms with van der Waals surface area (Å²) in [4.78, 5) is 22.8. The summed E-state index contributed by atoms with van der Waals surface area (Å²) in [5.74, 6) is -1.45. The molecule has 1 N–H and O–H groups in total. The summed E-state index contributed by atoms with van der Waals surface area (Å²) >= 11 is 0. The largest absolute Gasteiger partial charge is 0.870 e. The topological polar surface area (TPSA) is 86.7 Å². The van der Waals surface area contributed by atoms with Crippen LogP contribution >= 0.6 is 0 Å². The number of allylic oxidation sites excluding steroid dienone is 1. The number of hydrogen-bond acceptors (Lipinski definition) is 4. The van der Waals surface area contributed by atoms with Gasteiger partial charge < -0.3 is 14.9 Å². The molecule has 0 radical (unpaired) electrons. The van der Waals surface area contributed by atoms with Gasteiger partial charge in [-0.05, 0) is 29.8 Å². The summed E-state index contributed by atoms with van der Waals surface area (Å²) in [7, 11) is 1.37. The average Bonchev–Trinajstić information content (AvgIpc) is 2.53. The molecule has 2 aromatic carbocycles. The molecule has 22 heavy (non-hydrogen) atoms. The molecule has 0 aliphatic rings. The molecule has 0 fully saturated rings. The van der Waals surface area contributed by atoms with E-state index in [2.05, 4.69) is 0 Å². The van der Waals surface area contributed by atoms with Crippen LogP contribution in [-0.2, 0) is 0 Å². The highest BCUT2D eigenvalue weighted by molar-refractivity contribution is 6.07. The number of carbonyl (C=O) groups is 2. The number of ketones is 1. The van der Waals surface area contributed by atoms with Crippen molar-refractivity contribution >= 4 is 17.8 Å². The first-order chi connectivity index (χ1) is 10.5. The smallest absolute Gasteiger partial charge is 0.335 e. The average molecular weight is 297 g/mol. The Labute approximate surface area is 127 Å². The number of carbonyl (C=O) groups excluding carboxylic acids is 1. The Bertz CT molecular complexity index is 729. The van der Waals surface area contributed by atoms with Crippen LogP contribution in [0.5, 0.6) is 11.5 Å². The Morgan fingerprint density at radius 2 is 1.73 bits per heavy atom. The van der Waals surface area contributed by atoms with E-state index < -0.39 is 5.97 Å². The highest BCUT2D eigenvalue weighted by atomic mass is 16.5. The first-order valence-corrected chi connectivity index (χ1v) is 6.42. The third-order valence-electron chi connectivity index (χ3n) is 3.03. The van der Waals surface area contributed by atoms with Gasteiger partial charge in [-0.2, -0.15) is 0 Å². The minimum absolute atomic E-state index is 0.116. The van der Waals surface area contributed by atoms with Crippen molar-refractivity contribution in [1.29, 1.82) is 0 Å². The zero-order valence-electron chi connectivity index (χ0n) is 11.8. The number of benzene rings is 2. The fraction of sp³-hybridized carbons (Fsp3) is 0.0588. The third-order valence-corrected chi connectivity index (χ3v) is 3.03. The van der Waals surface area contributed by atoms with Crippen LogP contribution in [0, 0.1) is 0 Å². The maximum Gasteiger partial charge on any atom is 0.335 e. The second-order valence-electron chi connectivity index (χ2n) is 4.49. The van der Waals surface area contributed by atoms with Gasteiger partial charge in [-0.3, -0.25) is 4.79 Å². The van der Waals surface area contributed by atoms with Crippen LogP contribution in [0.15, 0.2) is 48.5 Å². The van der Waals surface area contributed by atoms with E-state index >= 15 is 0 Å². The normalized spacial score (nSPS) is 10.6. The molecule has 0 spiro atoms. The number of hydrogen-bond donors (Lipinski definition) is 1. The predicted octanol–water partition coefficient (Wildman–Crippen LogP) is 2.36. The zero-order chi connectivity index (χ0) is 16.1. The molecule has 0 atom stereocenters. The van der Waals surface area contributed by atoms with E-state index in [0.717, 1.165) is 0 Å². The van der Waals surface area contributed by atoms with Gasteiger partial charge in [0.25, 0.3) is 0 Å². The van der Waals surface area contributed by atoms with Gasteiger partial charge in [-0.25, -0.2) is 4.79 Å². The Hall–Kier alpha value is -3.08. The first-order valence-electron chi connectivity index (χ1n) is 6.42. The number of carboxylic acid groups (broad SMARTS) is 1. The molecule has 2 aromatic rings. The van der Waals surface area contributed by atoms with E-state index in [4.69, 9.17) is 9.84 Å². The van der Waals surface area contributed by atoms with Crippen LogP contribution < -0.4 is 9.84 Å². The molecule has 0 aliphatic heterocycles. The molecule has 0 saturated heterocycles.